The summed E-state index contributed by atoms with van der Waals surface area (Å²) in [7, 11) is 0. The number of benzene rings is 1. The van der Waals surface area contributed by atoms with Gasteiger partial charge in [-0.15, -0.1) is 0 Å². The first-order valence-electron chi connectivity index (χ1n) is 8.58. The second kappa shape index (κ2) is 6.59. The molecule has 0 saturated carbocycles. The molecule has 0 spiro atoms. The molecule has 1 atom stereocenters. The summed E-state index contributed by atoms with van der Waals surface area (Å²) < 4.78 is 0. The van der Waals surface area contributed by atoms with Crippen molar-refractivity contribution in [3.63, 3.8) is 0 Å². The van der Waals surface area contributed by atoms with Gasteiger partial charge in [-0.2, -0.15) is 5.10 Å². The number of hydrogen-bond donors (Lipinski definition) is 2. The van der Waals surface area contributed by atoms with Crippen LogP contribution >= 0.6 is 0 Å². The fourth-order valence-corrected chi connectivity index (χ4v) is 3.47. The maximum Gasteiger partial charge on any atom is 0.290 e. The highest BCUT2D eigenvalue weighted by atomic mass is 16.2. The second-order valence-corrected chi connectivity index (χ2v) is 6.43. The predicted molar refractivity (Wildman–Crippen MR) is 98.9 cm³/mol. The Kier molecular flexibility index (Phi) is 4.12. The lowest BCUT2D eigenvalue weighted by Crippen LogP contribution is -2.41. The molecule has 3 heterocycles. The number of carbonyl (C=O) groups is 1. The van der Waals surface area contributed by atoms with Crippen molar-refractivity contribution in [2.75, 3.05) is 18.4 Å². The molecule has 0 radical (unpaired) electrons. The average Bonchev–Trinajstić information content (AvgIpc) is 2.67. The Hall–Kier alpha value is -3.22. The van der Waals surface area contributed by atoms with Gasteiger partial charge in [0.15, 0.2) is 0 Å². The van der Waals surface area contributed by atoms with E-state index in [2.05, 4.69) is 39.6 Å². The summed E-state index contributed by atoms with van der Waals surface area (Å²) in [6.45, 7) is 2.95. The fraction of sp³-hybridized carbons (Fsp3) is 0.263. The van der Waals surface area contributed by atoms with E-state index in [1.165, 1.54) is 11.1 Å². The van der Waals surface area contributed by atoms with Crippen LogP contribution in [-0.2, 0) is 11.2 Å². The van der Waals surface area contributed by atoms with Crippen LogP contribution in [0.15, 0.2) is 47.5 Å². The zero-order valence-electron chi connectivity index (χ0n) is 14.4. The maximum absolute atomic E-state index is 12.7. The summed E-state index contributed by atoms with van der Waals surface area (Å²) in [6, 6.07) is 10.1. The van der Waals surface area contributed by atoms with E-state index in [9.17, 15) is 9.59 Å². The van der Waals surface area contributed by atoms with Crippen molar-refractivity contribution < 1.29 is 4.79 Å². The lowest BCUT2D eigenvalue weighted by Gasteiger charge is -2.35. The predicted octanol–water partition coefficient (Wildman–Crippen LogP) is 1.88. The third-order valence-electron chi connectivity index (χ3n) is 4.86. The van der Waals surface area contributed by atoms with Crippen LogP contribution in [0.5, 0.6) is 0 Å². The highest BCUT2D eigenvalue weighted by Crippen LogP contribution is 2.29. The number of anilines is 1. The zero-order chi connectivity index (χ0) is 18.1. The van der Waals surface area contributed by atoms with E-state index in [0.29, 0.717) is 23.1 Å². The Morgan fingerprint density at radius 2 is 2.19 bits per heavy atom. The minimum atomic E-state index is -0.328. The summed E-state index contributed by atoms with van der Waals surface area (Å²) in [4.78, 5) is 30.4. The minimum absolute atomic E-state index is 0.0381. The first kappa shape index (κ1) is 16.3. The molecule has 1 aliphatic rings. The van der Waals surface area contributed by atoms with E-state index in [4.69, 9.17) is 0 Å². The number of amides is 1. The number of rotatable bonds is 3. The molecule has 1 aromatic carbocycles. The number of pyridine rings is 1. The molecule has 2 N–H and O–H groups in total. The third-order valence-corrected chi connectivity index (χ3v) is 4.86. The van der Waals surface area contributed by atoms with Gasteiger partial charge in [0.05, 0.1) is 30.7 Å². The quantitative estimate of drug-likeness (QED) is 0.753. The number of nitrogens with zero attached hydrogens (tertiary/aromatic N) is 3. The van der Waals surface area contributed by atoms with Crippen molar-refractivity contribution >= 4 is 22.5 Å². The topological polar surface area (TPSA) is 91.0 Å². The van der Waals surface area contributed by atoms with Crippen molar-refractivity contribution in [1.82, 2.24) is 20.1 Å². The van der Waals surface area contributed by atoms with Crippen LogP contribution in [-0.4, -0.2) is 39.1 Å². The Bertz CT molecular complexity index is 1030. The summed E-state index contributed by atoms with van der Waals surface area (Å²) in [6.07, 6.45) is 3.97. The molecule has 7 nitrogen and oxygen atoms in total. The molecule has 4 rings (SSSR count). The molecule has 3 aromatic rings. The van der Waals surface area contributed by atoms with Gasteiger partial charge in [-0.1, -0.05) is 24.3 Å². The molecule has 132 valence electrons. The van der Waals surface area contributed by atoms with Gasteiger partial charge in [0.1, 0.15) is 5.52 Å². The minimum Gasteiger partial charge on any atom is -0.375 e. The Morgan fingerprint density at radius 3 is 3.08 bits per heavy atom. The normalized spacial score (nSPS) is 16.3. The number of nitrogens with one attached hydrogen (secondary N) is 2. The molecule has 0 fully saturated rings. The third kappa shape index (κ3) is 2.92. The lowest BCUT2D eigenvalue weighted by molar-refractivity contribution is -0.131. The van der Waals surface area contributed by atoms with Crippen LogP contribution in [0.4, 0.5) is 5.69 Å². The number of aromatic nitrogens is 3. The van der Waals surface area contributed by atoms with Gasteiger partial charge in [0.25, 0.3) is 5.56 Å². The summed E-state index contributed by atoms with van der Waals surface area (Å²) in [5.74, 6) is 0.0381. The van der Waals surface area contributed by atoms with Gasteiger partial charge < -0.3 is 10.2 Å². The van der Waals surface area contributed by atoms with E-state index < -0.39 is 0 Å². The molecule has 2 aromatic heterocycles. The van der Waals surface area contributed by atoms with Crippen molar-refractivity contribution in [3.05, 3.63) is 64.2 Å². The molecule has 0 aliphatic carbocycles. The molecule has 1 aliphatic heterocycles. The number of aromatic amines is 1. The number of H-pyrrole nitrogens is 1. The Labute approximate surface area is 150 Å². The first-order chi connectivity index (χ1) is 12.6. The van der Waals surface area contributed by atoms with Crippen LogP contribution in [0.1, 0.15) is 24.1 Å². The van der Waals surface area contributed by atoms with Crippen LogP contribution in [0.25, 0.3) is 10.9 Å². The summed E-state index contributed by atoms with van der Waals surface area (Å²) >= 11 is 0. The molecular formula is C19H19N5O2. The van der Waals surface area contributed by atoms with E-state index in [-0.39, 0.29) is 24.1 Å². The van der Waals surface area contributed by atoms with Crippen molar-refractivity contribution in [3.8, 4) is 0 Å². The Balaban J connectivity index is 1.47. The highest BCUT2D eigenvalue weighted by molar-refractivity contribution is 5.84. The molecule has 1 unspecified atom stereocenters. The van der Waals surface area contributed by atoms with Crippen molar-refractivity contribution in [2.24, 2.45) is 0 Å². The molecule has 0 saturated heterocycles. The second-order valence-electron chi connectivity index (χ2n) is 6.43. The standard InChI is InChI=1S/C19H19N5O2/c1-12-16-5-3-2-4-13(16)6-7-24(12)17(25)11-20-15-8-14-9-22-23-19(26)18(14)21-10-15/h2-5,8-10,12,20H,6-7,11H2,1H3,(H,23,26). The van der Waals surface area contributed by atoms with E-state index >= 15 is 0 Å². The van der Waals surface area contributed by atoms with Crippen molar-refractivity contribution in [1.29, 1.82) is 0 Å². The van der Waals surface area contributed by atoms with Crippen molar-refractivity contribution in [2.45, 2.75) is 19.4 Å². The summed E-state index contributed by atoms with van der Waals surface area (Å²) in [5, 5.41) is 9.86. The summed E-state index contributed by atoms with van der Waals surface area (Å²) in [5.41, 5.74) is 3.21. The molecular weight excluding hydrogens is 330 g/mol. The molecule has 26 heavy (non-hydrogen) atoms. The van der Waals surface area contributed by atoms with Gasteiger partial charge in [-0.25, -0.2) is 10.1 Å². The molecule has 0 bridgehead atoms. The SMILES string of the molecule is CC1c2ccccc2CCN1C(=O)CNc1cnc2c(=O)[nH]ncc2c1. The number of hydrogen-bond acceptors (Lipinski definition) is 5. The Morgan fingerprint density at radius 1 is 1.35 bits per heavy atom. The van der Waals surface area contributed by atoms with E-state index in [1.807, 2.05) is 17.0 Å². The number of fused-ring (bicyclic) bond motifs is 2. The van der Waals surface area contributed by atoms with Crippen LogP contribution in [0, 0.1) is 0 Å². The number of carbonyl (C=O) groups excluding carboxylic acids is 1. The zero-order valence-corrected chi connectivity index (χ0v) is 14.4. The van der Waals surface area contributed by atoms with Crippen LogP contribution in [0.3, 0.4) is 0 Å². The lowest BCUT2D eigenvalue weighted by atomic mass is 9.93. The average molecular weight is 349 g/mol. The van der Waals surface area contributed by atoms with Gasteiger partial charge in [-0.05, 0) is 30.5 Å². The van der Waals surface area contributed by atoms with Crippen LogP contribution in [0.2, 0.25) is 0 Å². The molecule has 1 amide bonds. The van der Waals surface area contributed by atoms with Crippen LogP contribution < -0.4 is 10.9 Å². The highest BCUT2D eigenvalue weighted by Gasteiger charge is 2.26. The van der Waals surface area contributed by atoms with Gasteiger partial charge in [0.2, 0.25) is 5.91 Å². The maximum atomic E-state index is 12.7. The largest absolute Gasteiger partial charge is 0.375 e. The monoisotopic (exact) mass is 349 g/mol. The van der Waals surface area contributed by atoms with E-state index in [1.54, 1.807) is 18.5 Å². The van der Waals surface area contributed by atoms with Gasteiger partial charge in [-0.3, -0.25) is 9.59 Å². The van der Waals surface area contributed by atoms with Gasteiger partial charge in [0, 0.05) is 11.9 Å². The smallest absolute Gasteiger partial charge is 0.290 e. The van der Waals surface area contributed by atoms with E-state index in [0.717, 1.165) is 6.42 Å². The fourth-order valence-electron chi connectivity index (χ4n) is 3.47. The molecule has 7 heteroatoms. The van der Waals surface area contributed by atoms with Gasteiger partial charge >= 0.3 is 0 Å². The first-order valence-corrected chi connectivity index (χ1v) is 8.58.